The molecule has 1 aliphatic heterocycles. The van der Waals surface area contributed by atoms with Gasteiger partial charge in [0.05, 0.1) is 13.2 Å². The number of morpholine rings is 1. The number of carbonyl (C=O) groups excluding carboxylic acids is 1. The fraction of sp³-hybridized carbons (Fsp3) is 0.650. The molecule has 1 saturated heterocycles. The van der Waals surface area contributed by atoms with Gasteiger partial charge < -0.3 is 14.8 Å². The number of benzene rings is 1. The predicted molar refractivity (Wildman–Crippen MR) is 100 cm³/mol. The largest absolute Gasteiger partial charge is 0.483 e. The zero-order valence-electron chi connectivity index (χ0n) is 16.3. The van der Waals surface area contributed by atoms with Crippen LogP contribution in [0.15, 0.2) is 12.1 Å². The van der Waals surface area contributed by atoms with Gasteiger partial charge in [-0.2, -0.15) is 0 Å². The number of amides is 1. The van der Waals surface area contributed by atoms with E-state index in [9.17, 15) is 4.79 Å². The number of nitrogens with zero attached hydrogens (tertiary/aromatic N) is 1. The lowest BCUT2D eigenvalue weighted by atomic mass is 9.95. The molecule has 0 spiro atoms. The fourth-order valence-electron chi connectivity index (χ4n) is 3.44. The highest BCUT2D eigenvalue weighted by atomic mass is 16.5. The molecular weight excluding hydrogens is 316 g/mol. The molecule has 0 aliphatic carbocycles. The number of carbonyl (C=O) groups is 1. The van der Waals surface area contributed by atoms with Crippen molar-refractivity contribution >= 4 is 5.91 Å². The number of aryl methyl sites for hydroxylation is 3. The van der Waals surface area contributed by atoms with Crippen molar-refractivity contribution in [1.82, 2.24) is 10.2 Å². The summed E-state index contributed by atoms with van der Waals surface area (Å²) in [7, 11) is 0. The van der Waals surface area contributed by atoms with Gasteiger partial charge in [-0.05, 0) is 45.2 Å². The Labute approximate surface area is 151 Å². The lowest BCUT2D eigenvalue weighted by molar-refractivity contribution is -0.124. The topological polar surface area (TPSA) is 50.8 Å². The molecule has 25 heavy (non-hydrogen) atoms. The molecular formula is C20H32N2O3. The molecule has 1 heterocycles. The van der Waals surface area contributed by atoms with Gasteiger partial charge in [0.2, 0.25) is 0 Å². The van der Waals surface area contributed by atoms with Crippen molar-refractivity contribution in [3.05, 3.63) is 28.8 Å². The Hall–Kier alpha value is -1.59. The SMILES string of the molecule is CC[C@@](C)(CNC(=O)COc1c(C)cc(C)cc1C)N1CCOCC1. The molecule has 1 aromatic carbocycles. The fourth-order valence-corrected chi connectivity index (χ4v) is 3.44. The highest BCUT2D eigenvalue weighted by Gasteiger charge is 2.31. The third-order valence-corrected chi connectivity index (χ3v) is 5.15. The van der Waals surface area contributed by atoms with Crippen LogP contribution in [0.1, 0.15) is 37.0 Å². The minimum Gasteiger partial charge on any atom is -0.483 e. The molecule has 1 aliphatic rings. The molecule has 1 atom stereocenters. The van der Waals surface area contributed by atoms with Crippen LogP contribution in [0.4, 0.5) is 0 Å². The van der Waals surface area contributed by atoms with Gasteiger partial charge in [-0.15, -0.1) is 0 Å². The third-order valence-electron chi connectivity index (χ3n) is 5.15. The van der Waals surface area contributed by atoms with E-state index in [0.717, 1.165) is 49.6 Å². The van der Waals surface area contributed by atoms with Crippen molar-refractivity contribution < 1.29 is 14.3 Å². The predicted octanol–water partition coefficient (Wildman–Crippen LogP) is 2.61. The lowest BCUT2D eigenvalue weighted by Crippen LogP contribution is -2.57. The molecule has 5 nitrogen and oxygen atoms in total. The molecule has 0 radical (unpaired) electrons. The highest BCUT2D eigenvalue weighted by Crippen LogP contribution is 2.24. The zero-order valence-corrected chi connectivity index (χ0v) is 16.3. The molecule has 1 fully saturated rings. The summed E-state index contributed by atoms with van der Waals surface area (Å²) >= 11 is 0. The van der Waals surface area contributed by atoms with Crippen LogP contribution in [-0.4, -0.2) is 55.8 Å². The van der Waals surface area contributed by atoms with Crippen LogP contribution in [-0.2, 0) is 9.53 Å². The normalized spacial score (nSPS) is 17.8. The van der Waals surface area contributed by atoms with Gasteiger partial charge in [0.25, 0.3) is 5.91 Å². The Morgan fingerprint density at radius 2 is 1.84 bits per heavy atom. The van der Waals surface area contributed by atoms with E-state index < -0.39 is 0 Å². The van der Waals surface area contributed by atoms with E-state index >= 15 is 0 Å². The molecule has 1 aromatic rings. The first kappa shape index (κ1) is 19.7. The summed E-state index contributed by atoms with van der Waals surface area (Å²) in [4.78, 5) is 14.7. The Morgan fingerprint density at radius 3 is 2.40 bits per heavy atom. The van der Waals surface area contributed by atoms with Crippen molar-refractivity contribution in [3.8, 4) is 5.75 Å². The monoisotopic (exact) mass is 348 g/mol. The van der Waals surface area contributed by atoms with Crippen LogP contribution in [0.25, 0.3) is 0 Å². The average molecular weight is 348 g/mol. The zero-order chi connectivity index (χ0) is 18.4. The van der Waals surface area contributed by atoms with Crippen molar-refractivity contribution in [1.29, 1.82) is 0 Å². The number of nitrogens with one attached hydrogen (secondary N) is 1. The molecule has 1 N–H and O–H groups in total. The van der Waals surface area contributed by atoms with E-state index in [1.807, 2.05) is 13.8 Å². The summed E-state index contributed by atoms with van der Waals surface area (Å²) in [5.74, 6) is 0.736. The molecule has 1 amide bonds. The highest BCUT2D eigenvalue weighted by molar-refractivity contribution is 5.77. The van der Waals surface area contributed by atoms with Gasteiger partial charge >= 0.3 is 0 Å². The molecule has 0 bridgehead atoms. The first-order valence-corrected chi connectivity index (χ1v) is 9.16. The number of hydrogen-bond acceptors (Lipinski definition) is 4. The van der Waals surface area contributed by atoms with Gasteiger partial charge in [0.15, 0.2) is 6.61 Å². The van der Waals surface area contributed by atoms with Crippen molar-refractivity contribution in [2.75, 3.05) is 39.5 Å². The van der Waals surface area contributed by atoms with E-state index in [1.165, 1.54) is 5.56 Å². The minimum atomic E-state index is -0.0766. The van der Waals surface area contributed by atoms with Crippen molar-refractivity contribution in [3.63, 3.8) is 0 Å². The Balaban J connectivity index is 1.87. The Bertz CT molecular complexity index is 574. The first-order valence-electron chi connectivity index (χ1n) is 9.16. The Kier molecular flexibility index (Phi) is 6.85. The second-order valence-electron chi connectivity index (χ2n) is 7.24. The third kappa shape index (κ3) is 5.19. The van der Waals surface area contributed by atoms with Gasteiger partial charge in [-0.25, -0.2) is 0 Å². The standard InChI is InChI=1S/C20H32N2O3/c1-6-20(5,22-7-9-24-10-8-22)14-21-18(23)13-25-19-16(3)11-15(2)12-17(19)4/h11-12H,6-10,13-14H2,1-5H3,(H,21,23)/t20-/m0/s1. The van der Waals surface area contributed by atoms with E-state index in [1.54, 1.807) is 0 Å². The van der Waals surface area contributed by atoms with Crippen LogP contribution in [0.3, 0.4) is 0 Å². The average Bonchev–Trinajstić information content (AvgIpc) is 2.59. The van der Waals surface area contributed by atoms with Crippen LogP contribution in [0.2, 0.25) is 0 Å². The quantitative estimate of drug-likeness (QED) is 0.823. The maximum Gasteiger partial charge on any atom is 0.258 e. The smallest absolute Gasteiger partial charge is 0.258 e. The van der Waals surface area contributed by atoms with Crippen molar-refractivity contribution in [2.45, 2.75) is 46.6 Å². The van der Waals surface area contributed by atoms with E-state index in [-0.39, 0.29) is 18.1 Å². The number of hydrogen-bond donors (Lipinski definition) is 1. The van der Waals surface area contributed by atoms with Gasteiger partial charge in [0.1, 0.15) is 5.75 Å². The van der Waals surface area contributed by atoms with Crippen LogP contribution < -0.4 is 10.1 Å². The molecule has 0 saturated carbocycles. The summed E-state index contributed by atoms with van der Waals surface area (Å²) in [6, 6.07) is 4.15. The second-order valence-corrected chi connectivity index (χ2v) is 7.24. The maximum absolute atomic E-state index is 12.3. The maximum atomic E-state index is 12.3. The molecule has 0 unspecified atom stereocenters. The minimum absolute atomic E-state index is 0.0465. The van der Waals surface area contributed by atoms with Crippen LogP contribution in [0, 0.1) is 20.8 Å². The summed E-state index contributed by atoms with van der Waals surface area (Å²) < 4.78 is 11.2. The lowest BCUT2D eigenvalue weighted by Gasteiger charge is -2.43. The number of rotatable bonds is 7. The van der Waals surface area contributed by atoms with Gasteiger partial charge in [-0.3, -0.25) is 9.69 Å². The van der Waals surface area contributed by atoms with E-state index in [0.29, 0.717) is 6.54 Å². The van der Waals surface area contributed by atoms with Crippen LogP contribution >= 0.6 is 0 Å². The summed E-state index contributed by atoms with van der Waals surface area (Å²) in [5, 5.41) is 3.05. The van der Waals surface area contributed by atoms with Gasteiger partial charge in [0, 0.05) is 25.2 Å². The molecule has 140 valence electrons. The van der Waals surface area contributed by atoms with Crippen LogP contribution in [0.5, 0.6) is 5.75 Å². The first-order chi connectivity index (χ1) is 11.9. The van der Waals surface area contributed by atoms with Crippen molar-refractivity contribution in [2.24, 2.45) is 0 Å². The molecule has 2 rings (SSSR count). The van der Waals surface area contributed by atoms with Gasteiger partial charge in [-0.1, -0.05) is 24.6 Å². The number of ether oxygens (including phenoxy) is 2. The van der Waals surface area contributed by atoms with E-state index in [2.05, 4.69) is 43.1 Å². The van der Waals surface area contributed by atoms with E-state index in [4.69, 9.17) is 9.47 Å². The summed E-state index contributed by atoms with van der Waals surface area (Å²) in [6.07, 6.45) is 0.977. The molecule has 0 aromatic heterocycles. The second kappa shape index (κ2) is 8.68. The molecule has 5 heteroatoms. The Morgan fingerprint density at radius 1 is 1.24 bits per heavy atom. The summed E-state index contributed by atoms with van der Waals surface area (Å²) in [5.41, 5.74) is 3.29. The summed E-state index contributed by atoms with van der Waals surface area (Å²) in [6.45, 7) is 14.5.